The van der Waals surface area contributed by atoms with Crippen molar-refractivity contribution in [1.82, 2.24) is 4.98 Å². The number of aliphatic hydroxyl groups excluding tert-OH is 1. The maximum Gasteiger partial charge on any atom is 0.258 e. The van der Waals surface area contributed by atoms with Gasteiger partial charge in [0.05, 0.1) is 12.3 Å². The van der Waals surface area contributed by atoms with Gasteiger partial charge in [0.1, 0.15) is 0 Å². The second-order valence-corrected chi connectivity index (χ2v) is 4.39. The van der Waals surface area contributed by atoms with E-state index in [2.05, 4.69) is 4.98 Å². The Bertz CT molecular complexity index is 579. The molecule has 0 aliphatic carbocycles. The molecule has 0 atom stereocenters. The number of benzene rings is 1. The summed E-state index contributed by atoms with van der Waals surface area (Å²) in [5.41, 5.74) is 2.99. The van der Waals surface area contributed by atoms with E-state index in [0.29, 0.717) is 11.3 Å². The predicted molar refractivity (Wildman–Crippen MR) is 74.1 cm³/mol. The fourth-order valence-electron chi connectivity index (χ4n) is 1.78. The number of hydrogen-bond donors (Lipinski definition) is 1. The summed E-state index contributed by atoms with van der Waals surface area (Å²) in [6, 6.07) is 11.0. The molecule has 0 fully saturated rings. The summed E-state index contributed by atoms with van der Waals surface area (Å²) in [7, 11) is 1.73. The molecule has 1 amide bonds. The molecular formula is C15H16N2O2. The number of carbonyl (C=O) groups excluding carboxylic acids is 1. The molecule has 1 aromatic heterocycles. The molecular weight excluding hydrogens is 240 g/mol. The molecule has 0 spiro atoms. The van der Waals surface area contributed by atoms with Crippen molar-refractivity contribution < 1.29 is 9.90 Å². The average Bonchev–Trinajstić information content (AvgIpc) is 2.46. The quantitative estimate of drug-likeness (QED) is 0.915. The lowest BCUT2D eigenvalue weighted by Crippen LogP contribution is -2.26. The SMILES string of the molecule is Cc1ccc(N(C)C(=O)c2ccnc(CO)c2)cc1. The van der Waals surface area contributed by atoms with Gasteiger partial charge in [-0.05, 0) is 31.2 Å². The number of aromatic nitrogens is 1. The van der Waals surface area contributed by atoms with E-state index in [9.17, 15) is 4.79 Å². The zero-order valence-electron chi connectivity index (χ0n) is 11.0. The zero-order valence-corrected chi connectivity index (χ0v) is 11.0. The molecule has 0 aliphatic heterocycles. The zero-order chi connectivity index (χ0) is 13.8. The Balaban J connectivity index is 2.25. The molecule has 0 radical (unpaired) electrons. The molecule has 2 rings (SSSR count). The standard InChI is InChI=1S/C15H16N2O2/c1-11-3-5-14(6-4-11)17(2)15(19)12-7-8-16-13(9-12)10-18/h3-9,18H,10H2,1-2H3. The highest BCUT2D eigenvalue weighted by atomic mass is 16.3. The molecule has 2 aromatic rings. The van der Waals surface area contributed by atoms with Crippen molar-refractivity contribution in [3.63, 3.8) is 0 Å². The van der Waals surface area contributed by atoms with E-state index in [1.807, 2.05) is 31.2 Å². The van der Waals surface area contributed by atoms with Crippen LogP contribution in [0.4, 0.5) is 5.69 Å². The lowest BCUT2D eigenvalue weighted by Gasteiger charge is -2.17. The summed E-state index contributed by atoms with van der Waals surface area (Å²) in [5.74, 6) is -0.124. The van der Waals surface area contributed by atoms with Crippen molar-refractivity contribution in [1.29, 1.82) is 0 Å². The van der Waals surface area contributed by atoms with Gasteiger partial charge >= 0.3 is 0 Å². The van der Waals surface area contributed by atoms with E-state index in [-0.39, 0.29) is 12.5 Å². The average molecular weight is 256 g/mol. The third kappa shape index (κ3) is 2.98. The first-order chi connectivity index (χ1) is 9.11. The Morgan fingerprint density at radius 2 is 1.95 bits per heavy atom. The molecule has 0 bridgehead atoms. The Morgan fingerprint density at radius 3 is 2.58 bits per heavy atom. The molecule has 1 aromatic carbocycles. The third-order valence-electron chi connectivity index (χ3n) is 2.95. The van der Waals surface area contributed by atoms with Crippen molar-refractivity contribution in [3.05, 3.63) is 59.4 Å². The molecule has 0 unspecified atom stereocenters. The Morgan fingerprint density at radius 1 is 1.26 bits per heavy atom. The molecule has 98 valence electrons. The Labute approximate surface area is 112 Å². The number of hydrogen-bond acceptors (Lipinski definition) is 3. The summed E-state index contributed by atoms with van der Waals surface area (Å²) in [5, 5.41) is 9.04. The minimum Gasteiger partial charge on any atom is -0.390 e. The van der Waals surface area contributed by atoms with Gasteiger partial charge in [-0.1, -0.05) is 17.7 Å². The van der Waals surface area contributed by atoms with Crippen molar-refractivity contribution in [2.24, 2.45) is 0 Å². The lowest BCUT2D eigenvalue weighted by molar-refractivity contribution is 0.0992. The first-order valence-corrected chi connectivity index (χ1v) is 6.02. The second-order valence-electron chi connectivity index (χ2n) is 4.39. The number of aliphatic hydroxyl groups is 1. The summed E-state index contributed by atoms with van der Waals surface area (Å²) in [4.78, 5) is 17.9. The van der Waals surface area contributed by atoms with Gasteiger partial charge in [0.25, 0.3) is 5.91 Å². The van der Waals surface area contributed by atoms with Gasteiger partial charge < -0.3 is 10.0 Å². The van der Waals surface area contributed by atoms with Gasteiger partial charge in [-0.25, -0.2) is 0 Å². The smallest absolute Gasteiger partial charge is 0.258 e. The number of amides is 1. The van der Waals surface area contributed by atoms with Crippen LogP contribution in [0, 0.1) is 6.92 Å². The summed E-state index contributed by atoms with van der Waals surface area (Å²) in [6.07, 6.45) is 1.53. The Kier molecular flexibility index (Phi) is 3.92. The van der Waals surface area contributed by atoms with Crippen molar-refractivity contribution >= 4 is 11.6 Å². The molecule has 4 heteroatoms. The van der Waals surface area contributed by atoms with Crippen LogP contribution in [0.15, 0.2) is 42.6 Å². The number of pyridine rings is 1. The predicted octanol–water partition coefficient (Wildman–Crippen LogP) is 2.16. The maximum atomic E-state index is 12.3. The van der Waals surface area contributed by atoms with E-state index >= 15 is 0 Å². The van der Waals surface area contributed by atoms with Crippen LogP contribution < -0.4 is 4.90 Å². The topological polar surface area (TPSA) is 53.4 Å². The van der Waals surface area contributed by atoms with E-state index in [1.54, 1.807) is 24.1 Å². The number of anilines is 1. The minimum atomic E-state index is -0.171. The minimum absolute atomic E-state index is 0.124. The maximum absolute atomic E-state index is 12.3. The summed E-state index contributed by atoms with van der Waals surface area (Å²) >= 11 is 0. The van der Waals surface area contributed by atoms with Gasteiger partial charge in [0, 0.05) is 24.5 Å². The molecule has 0 aliphatic rings. The van der Waals surface area contributed by atoms with E-state index in [0.717, 1.165) is 11.3 Å². The fraction of sp³-hybridized carbons (Fsp3) is 0.200. The van der Waals surface area contributed by atoms with Crippen LogP contribution in [-0.2, 0) is 6.61 Å². The van der Waals surface area contributed by atoms with Crippen molar-refractivity contribution in [2.45, 2.75) is 13.5 Å². The molecule has 19 heavy (non-hydrogen) atoms. The first kappa shape index (κ1) is 13.2. The highest BCUT2D eigenvalue weighted by molar-refractivity contribution is 6.05. The number of aryl methyl sites for hydroxylation is 1. The van der Waals surface area contributed by atoms with Gasteiger partial charge in [0.15, 0.2) is 0 Å². The second kappa shape index (κ2) is 5.63. The summed E-state index contributed by atoms with van der Waals surface area (Å²) < 4.78 is 0. The van der Waals surface area contributed by atoms with Crippen LogP contribution in [0.3, 0.4) is 0 Å². The lowest BCUT2D eigenvalue weighted by atomic mass is 10.1. The summed E-state index contributed by atoms with van der Waals surface area (Å²) in [6.45, 7) is 1.83. The fourth-order valence-corrected chi connectivity index (χ4v) is 1.78. The van der Waals surface area contributed by atoms with E-state index < -0.39 is 0 Å². The van der Waals surface area contributed by atoms with Crippen LogP contribution in [-0.4, -0.2) is 23.0 Å². The number of nitrogens with zero attached hydrogens (tertiary/aromatic N) is 2. The molecule has 0 saturated carbocycles. The van der Waals surface area contributed by atoms with E-state index in [1.165, 1.54) is 6.20 Å². The van der Waals surface area contributed by atoms with Crippen molar-refractivity contribution in [3.8, 4) is 0 Å². The highest BCUT2D eigenvalue weighted by Crippen LogP contribution is 2.16. The van der Waals surface area contributed by atoms with E-state index in [4.69, 9.17) is 5.11 Å². The molecule has 1 N–H and O–H groups in total. The largest absolute Gasteiger partial charge is 0.390 e. The number of rotatable bonds is 3. The van der Waals surface area contributed by atoms with Gasteiger partial charge in [-0.15, -0.1) is 0 Å². The van der Waals surface area contributed by atoms with Gasteiger partial charge in [-0.2, -0.15) is 0 Å². The molecule has 1 heterocycles. The first-order valence-electron chi connectivity index (χ1n) is 6.02. The van der Waals surface area contributed by atoms with Crippen LogP contribution in [0.1, 0.15) is 21.6 Å². The van der Waals surface area contributed by atoms with Crippen molar-refractivity contribution in [2.75, 3.05) is 11.9 Å². The Hall–Kier alpha value is -2.20. The monoisotopic (exact) mass is 256 g/mol. The van der Waals surface area contributed by atoms with Crippen LogP contribution in [0.5, 0.6) is 0 Å². The highest BCUT2D eigenvalue weighted by Gasteiger charge is 2.13. The normalized spacial score (nSPS) is 10.3. The number of carbonyl (C=O) groups is 1. The van der Waals surface area contributed by atoms with Crippen LogP contribution in [0.25, 0.3) is 0 Å². The van der Waals surface area contributed by atoms with Gasteiger partial charge in [-0.3, -0.25) is 9.78 Å². The molecule has 0 saturated heterocycles. The molecule has 4 nitrogen and oxygen atoms in total. The third-order valence-corrected chi connectivity index (χ3v) is 2.95. The van der Waals surface area contributed by atoms with Gasteiger partial charge in [0.2, 0.25) is 0 Å². The van der Waals surface area contributed by atoms with Crippen LogP contribution in [0.2, 0.25) is 0 Å². The van der Waals surface area contributed by atoms with Crippen LogP contribution >= 0.6 is 0 Å².